The van der Waals surface area contributed by atoms with Gasteiger partial charge >= 0.3 is 0 Å². The van der Waals surface area contributed by atoms with Crippen molar-refractivity contribution >= 4 is 5.91 Å². The Morgan fingerprint density at radius 2 is 2.21 bits per heavy atom. The molecule has 0 aromatic rings. The second kappa shape index (κ2) is 3.89. The number of rotatable bonds is 3. The third kappa shape index (κ3) is 1.92. The molecular weight excluding hydrogens is 176 g/mol. The van der Waals surface area contributed by atoms with E-state index in [1.54, 1.807) is 0 Å². The predicted octanol–water partition coefficient (Wildman–Crippen LogP) is 0.840. The topological polar surface area (TPSA) is 46.3 Å². The molecule has 2 atom stereocenters. The van der Waals surface area contributed by atoms with Crippen LogP contribution in [-0.2, 0) is 4.79 Å². The minimum atomic E-state index is 0.256. The van der Waals surface area contributed by atoms with Crippen LogP contribution in [0.4, 0.5) is 0 Å². The molecule has 2 fully saturated rings. The van der Waals surface area contributed by atoms with Gasteiger partial charge in [-0.15, -0.1) is 0 Å². The first-order valence-corrected chi connectivity index (χ1v) is 5.71. The zero-order valence-electron chi connectivity index (χ0n) is 8.91. The molecule has 0 aromatic carbocycles. The summed E-state index contributed by atoms with van der Waals surface area (Å²) >= 11 is 0. The first-order chi connectivity index (χ1) is 6.72. The Morgan fingerprint density at radius 1 is 1.50 bits per heavy atom. The second-order valence-electron chi connectivity index (χ2n) is 4.80. The van der Waals surface area contributed by atoms with Gasteiger partial charge in [-0.25, -0.2) is 0 Å². The molecule has 2 unspecified atom stereocenters. The summed E-state index contributed by atoms with van der Waals surface area (Å²) in [5, 5.41) is 0. The van der Waals surface area contributed by atoms with Crippen LogP contribution in [0.2, 0.25) is 0 Å². The lowest BCUT2D eigenvalue weighted by Crippen LogP contribution is -2.34. The standard InChI is InChI=1S/C11H20N2O/c1-8(10-2-3-10)11(14)13-5-4-9(6-12)7-13/h8-10H,2-7,12H2,1H3. The predicted molar refractivity (Wildman–Crippen MR) is 55.6 cm³/mol. The van der Waals surface area contributed by atoms with Crippen molar-refractivity contribution in [2.75, 3.05) is 19.6 Å². The van der Waals surface area contributed by atoms with Gasteiger partial charge in [0, 0.05) is 19.0 Å². The van der Waals surface area contributed by atoms with Crippen LogP contribution in [0.15, 0.2) is 0 Å². The number of nitrogens with two attached hydrogens (primary N) is 1. The van der Waals surface area contributed by atoms with Crippen molar-refractivity contribution in [3.63, 3.8) is 0 Å². The number of carbonyl (C=O) groups is 1. The molecule has 80 valence electrons. The summed E-state index contributed by atoms with van der Waals surface area (Å²) < 4.78 is 0. The minimum absolute atomic E-state index is 0.256. The summed E-state index contributed by atoms with van der Waals surface area (Å²) in [7, 11) is 0. The Labute approximate surface area is 85.6 Å². The van der Waals surface area contributed by atoms with Gasteiger partial charge in [0.25, 0.3) is 0 Å². The summed E-state index contributed by atoms with van der Waals surface area (Å²) in [5.41, 5.74) is 5.61. The Hall–Kier alpha value is -0.570. The highest BCUT2D eigenvalue weighted by atomic mass is 16.2. The van der Waals surface area contributed by atoms with Crippen molar-refractivity contribution in [1.82, 2.24) is 4.90 Å². The van der Waals surface area contributed by atoms with Crippen molar-refractivity contribution < 1.29 is 4.79 Å². The molecule has 3 heteroatoms. The second-order valence-corrected chi connectivity index (χ2v) is 4.80. The number of hydrogen-bond donors (Lipinski definition) is 1. The average molecular weight is 196 g/mol. The molecule has 1 saturated heterocycles. The third-order valence-electron chi connectivity index (χ3n) is 3.65. The van der Waals surface area contributed by atoms with E-state index in [0.717, 1.165) is 26.1 Å². The van der Waals surface area contributed by atoms with Crippen LogP contribution in [0.3, 0.4) is 0 Å². The van der Waals surface area contributed by atoms with E-state index >= 15 is 0 Å². The number of likely N-dealkylation sites (tertiary alicyclic amines) is 1. The maximum Gasteiger partial charge on any atom is 0.225 e. The molecule has 2 rings (SSSR count). The SMILES string of the molecule is CC(C(=O)N1CCC(CN)C1)C1CC1. The Morgan fingerprint density at radius 3 is 2.71 bits per heavy atom. The van der Waals surface area contributed by atoms with Gasteiger partial charge in [0.15, 0.2) is 0 Å². The lowest BCUT2D eigenvalue weighted by Gasteiger charge is -2.20. The summed E-state index contributed by atoms with van der Waals surface area (Å²) in [6, 6.07) is 0. The number of carbonyl (C=O) groups excluding carboxylic acids is 1. The van der Waals surface area contributed by atoms with Crippen LogP contribution in [0.5, 0.6) is 0 Å². The van der Waals surface area contributed by atoms with Crippen LogP contribution in [0.1, 0.15) is 26.2 Å². The molecule has 0 bridgehead atoms. The molecule has 1 heterocycles. The molecule has 1 aliphatic carbocycles. The van der Waals surface area contributed by atoms with E-state index in [0.29, 0.717) is 17.7 Å². The van der Waals surface area contributed by atoms with Crippen molar-refractivity contribution in [2.24, 2.45) is 23.5 Å². The third-order valence-corrected chi connectivity index (χ3v) is 3.65. The van der Waals surface area contributed by atoms with Crippen molar-refractivity contribution in [3.05, 3.63) is 0 Å². The van der Waals surface area contributed by atoms with Crippen molar-refractivity contribution in [3.8, 4) is 0 Å². The molecule has 14 heavy (non-hydrogen) atoms. The fourth-order valence-electron chi connectivity index (χ4n) is 2.31. The zero-order chi connectivity index (χ0) is 10.1. The summed E-state index contributed by atoms with van der Waals surface area (Å²) in [4.78, 5) is 14.0. The highest BCUT2D eigenvalue weighted by Gasteiger charge is 2.36. The molecular formula is C11H20N2O. The van der Waals surface area contributed by atoms with Crippen molar-refractivity contribution in [2.45, 2.75) is 26.2 Å². The van der Waals surface area contributed by atoms with Crippen LogP contribution >= 0.6 is 0 Å². The van der Waals surface area contributed by atoms with E-state index in [1.165, 1.54) is 12.8 Å². The van der Waals surface area contributed by atoms with E-state index in [4.69, 9.17) is 5.73 Å². The normalized spacial score (nSPS) is 29.3. The van der Waals surface area contributed by atoms with Crippen LogP contribution in [0, 0.1) is 17.8 Å². The van der Waals surface area contributed by atoms with Gasteiger partial charge < -0.3 is 10.6 Å². The molecule has 0 aromatic heterocycles. The number of hydrogen-bond acceptors (Lipinski definition) is 2. The van der Waals surface area contributed by atoms with E-state index in [1.807, 2.05) is 4.90 Å². The first-order valence-electron chi connectivity index (χ1n) is 5.71. The van der Waals surface area contributed by atoms with Gasteiger partial charge in [-0.1, -0.05) is 6.92 Å². The number of nitrogens with zero attached hydrogens (tertiary/aromatic N) is 1. The molecule has 2 aliphatic rings. The lowest BCUT2D eigenvalue weighted by atomic mass is 10.1. The van der Waals surface area contributed by atoms with Gasteiger partial charge in [-0.2, -0.15) is 0 Å². The molecule has 2 N–H and O–H groups in total. The van der Waals surface area contributed by atoms with Crippen LogP contribution in [0.25, 0.3) is 0 Å². The summed E-state index contributed by atoms with van der Waals surface area (Å²) in [6.45, 7) is 4.63. The Bertz CT molecular complexity index is 225. The van der Waals surface area contributed by atoms with Gasteiger partial charge in [-0.3, -0.25) is 4.79 Å². The highest BCUT2D eigenvalue weighted by Crippen LogP contribution is 2.37. The summed E-state index contributed by atoms with van der Waals surface area (Å²) in [5.74, 6) is 1.85. The van der Waals surface area contributed by atoms with E-state index in [9.17, 15) is 4.79 Å². The van der Waals surface area contributed by atoms with Crippen LogP contribution < -0.4 is 5.73 Å². The molecule has 1 saturated carbocycles. The quantitative estimate of drug-likeness (QED) is 0.727. The summed E-state index contributed by atoms with van der Waals surface area (Å²) in [6.07, 6.45) is 3.60. The average Bonchev–Trinajstić information content (AvgIpc) is 2.94. The lowest BCUT2D eigenvalue weighted by molar-refractivity contribution is -0.134. The zero-order valence-corrected chi connectivity index (χ0v) is 8.91. The molecule has 1 aliphatic heterocycles. The Balaban J connectivity index is 1.85. The number of amides is 1. The fourth-order valence-corrected chi connectivity index (χ4v) is 2.31. The molecule has 0 spiro atoms. The largest absolute Gasteiger partial charge is 0.342 e. The van der Waals surface area contributed by atoms with Crippen LogP contribution in [-0.4, -0.2) is 30.4 Å². The fraction of sp³-hybridized carbons (Fsp3) is 0.909. The Kier molecular flexibility index (Phi) is 2.77. The maximum atomic E-state index is 12.0. The van der Waals surface area contributed by atoms with Gasteiger partial charge in [0.1, 0.15) is 0 Å². The van der Waals surface area contributed by atoms with E-state index in [2.05, 4.69) is 6.92 Å². The van der Waals surface area contributed by atoms with E-state index < -0.39 is 0 Å². The van der Waals surface area contributed by atoms with Crippen molar-refractivity contribution in [1.29, 1.82) is 0 Å². The molecule has 1 amide bonds. The highest BCUT2D eigenvalue weighted by molar-refractivity contribution is 5.79. The first kappa shape index (κ1) is 9.97. The van der Waals surface area contributed by atoms with Gasteiger partial charge in [-0.05, 0) is 37.6 Å². The molecule has 0 radical (unpaired) electrons. The maximum absolute atomic E-state index is 12.0. The monoisotopic (exact) mass is 196 g/mol. The minimum Gasteiger partial charge on any atom is -0.342 e. The molecule has 3 nitrogen and oxygen atoms in total. The van der Waals surface area contributed by atoms with E-state index in [-0.39, 0.29) is 5.92 Å². The smallest absolute Gasteiger partial charge is 0.225 e. The van der Waals surface area contributed by atoms with Gasteiger partial charge in [0.2, 0.25) is 5.91 Å². The van der Waals surface area contributed by atoms with Gasteiger partial charge in [0.05, 0.1) is 0 Å².